The normalized spacial score (nSPS) is 22.4. The molecule has 0 unspecified atom stereocenters. The number of fused-ring (bicyclic) bond motifs is 3. The number of aldehydes is 1. The topological polar surface area (TPSA) is 125 Å². The van der Waals surface area contributed by atoms with Gasteiger partial charge in [0.1, 0.15) is 18.5 Å². The molecule has 9 nitrogen and oxygen atoms in total. The van der Waals surface area contributed by atoms with E-state index in [1.54, 1.807) is 30.0 Å². The fourth-order valence-electron chi connectivity index (χ4n) is 4.91. The van der Waals surface area contributed by atoms with E-state index in [9.17, 15) is 24.6 Å². The van der Waals surface area contributed by atoms with Crippen LogP contribution in [0.25, 0.3) is 0 Å². The zero-order chi connectivity index (χ0) is 25.5. The fraction of sp³-hybridized carbons (Fsp3) is 0.577. The van der Waals surface area contributed by atoms with Crippen molar-refractivity contribution >= 4 is 18.1 Å². The van der Waals surface area contributed by atoms with Crippen molar-refractivity contribution in [3.63, 3.8) is 0 Å². The van der Waals surface area contributed by atoms with E-state index in [2.05, 4.69) is 12.2 Å². The maximum atomic E-state index is 13.2. The standard InChI is InChI=1S/C26H36N2O7/c1-4-6-7-8-10-28(21(31)5-2)19-14-18(26(33)27-9-11-29)22-17-12-16(15-30)13-20(34-3)24(17)35-25(22)23(19)32/h12-15,19,22-23,25,29,32H,4-11H2,1-3H3,(H,27,33)/t19-,22+,23+,25+/m1/s1. The Kier molecular flexibility index (Phi) is 9.28. The predicted octanol–water partition coefficient (Wildman–Crippen LogP) is 1.95. The highest BCUT2D eigenvalue weighted by molar-refractivity contribution is 5.96. The molecule has 0 saturated carbocycles. The third kappa shape index (κ3) is 5.51. The van der Waals surface area contributed by atoms with Crippen LogP contribution in [-0.2, 0) is 9.59 Å². The number of nitrogens with one attached hydrogen (secondary N) is 1. The van der Waals surface area contributed by atoms with Gasteiger partial charge < -0.3 is 29.9 Å². The summed E-state index contributed by atoms with van der Waals surface area (Å²) in [6.45, 7) is 4.17. The number of hydrogen-bond donors (Lipinski definition) is 3. The summed E-state index contributed by atoms with van der Waals surface area (Å²) in [6, 6.07) is 2.42. The summed E-state index contributed by atoms with van der Waals surface area (Å²) in [4.78, 5) is 39.3. The molecule has 1 heterocycles. The maximum Gasteiger partial charge on any atom is 0.247 e. The van der Waals surface area contributed by atoms with Crippen LogP contribution in [0.15, 0.2) is 23.8 Å². The number of unbranched alkanes of at least 4 members (excludes halogenated alkanes) is 3. The fourth-order valence-corrected chi connectivity index (χ4v) is 4.91. The number of benzene rings is 1. The van der Waals surface area contributed by atoms with Crippen LogP contribution < -0.4 is 14.8 Å². The molecular weight excluding hydrogens is 452 g/mol. The molecule has 0 saturated heterocycles. The average Bonchev–Trinajstić information content (AvgIpc) is 3.27. The number of aliphatic hydroxyl groups excluding tert-OH is 2. The summed E-state index contributed by atoms with van der Waals surface area (Å²) in [5, 5.41) is 23.3. The van der Waals surface area contributed by atoms with Gasteiger partial charge in [0.05, 0.1) is 25.7 Å². The smallest absolute Gasteiger partial charge is 0.247 e. The maximum absolute atomic E-state index is 13.2. The van der Waals surface area contributed by atoms with Crippen molar-refractivity contribution in [1.82, 2.24) is 10.2 Å². The van der Waals surface area contributed by atoms with Crippen LogP contribution in [0.5, 0.6) is 11.5 Å². The number of aliphatic hydroxyl groups is 2. The lowest BCUT2D eigenvalue weighted by Gasteiger charge is -2.40. The first-order valence-corrected chi connectivity index (χ1v) is 12.3. The molecule has 192 valence electrons. The summed E-state index contributed by atoms with van der Waals surface area (Å²) in [6.07, 6.45) is 4.49. The van der Waals surface area contributed by atoms with Gasteiger partial charge in [0.25, 0.3) is 0 Å². The SMILES string of the molecule is CCCCCCN(C(=O)CC)[C@@H]1C=C(C(=O)NCCO)[C@@H]2c3cc(C=O)cc(OC)c3O[C@@H]2[C@H]1O. The Morgan fingerprint density at radius 3 is 2.63 bits per heavy atom. The van der Waals surface area contributed by atoms with Crippen molar-refractivity contribution in [2.45, 2.75) is 70.1 Å². The van der Waals surface area contributed by atoms with Gasteiger partial charge in [-0.3, -0.25) is 14.4 Å². The van der Waals surface area contributed by atoms with E-state index in [1.165, 1.54) is 7.11 Å². The predicted molar refractivity (Wildman–Crippen MR) is 130 cm³/mol. The molecule has 1 aromatic rings. The zero-order valence-electron chi connectivity index (χ0n) is 20.7. The number of carbonyl (C=O) groups excluding carboxylic acids is 3. The van der Waals surface area contributed by atoms with Crippen LogP contribution in [0, 0.1) is 0 Å². The summed E-state index contributed by atoms with van der Waals surface area (Å²) in [7, 11) is 1.46. The number of rotatable bonds is 12. The van der Waals surface area contributed by atoms with Gasteiger partial charge in [0, 0.05) is 36.2 Å². The Hall–Kier alpha value is -2.91. The quantitative estimate of drug-likeness (QED) is 0.303. The molecule has 0 aromatic heterocycles. The molecule has 9 heteroatoms. The number of hydrogen-bond acceptors (Lipinski definition) is 7. The molecule has 1 aromatic carbocycles. The van der Waals surface area contributed by atoms with Crippen LogP contribution in [0.2, 0.25) is 0 Å². The molecule has 1 aliphatic carbocycles. The van der Waals surface area contributed by atoms with Gasteiger partial charge in [-0.15, -0.1) is 0 Å². The van der Waals surface area contributed by atoms with Crippen molar-refractivity contribution in [2.24, 2.45) is 0 Å². The molecule has 2 aliphatic rings. The van der Waals surface area contributed by atoms with Crippen molar-refractivity contribution in [1.29, 1.82) is 0 Å². The molecule has 3 rings (SSSR count). The van der Waals surface area contributed by atoms with Crippen LogP contribution in [0.3, 0.4) is 0 Å². The molecule has 0 fully saturated rings. The largest absolute Gasteiger partial charge is 0.493 e. The molecule has 3 N–H and O–H groups in total. The first kappa shape index (κ1) is 26.7. The first-order chi connectivity index (χ1) is 16.9. The lowest BCUT2D eigenvalue weighted by atomic mass is 9.77. The Morgan fingerprint density at radius 2 is 2.00 bits per heavy atom. The highest BCUT2D eigenvalue weighted by Gasteiger charge is 2.51. The molecular formula is C26H36N2O7. The third-order valence-electron chi connectivity index (χ3n) is 6.65. The van der Waals surface area contributed by atoms with E-state index in [4.69, 9.17) is 9.47 Å². The minimum Gasteiger partial charge on any atom is -0.493 e. The number of ether oxygens (including phenoxy) is 2. The van der Waals surface area contributed by atoms with Crippen molar-refractivity contribution in [2.75, 3.05) is 26.8 Å². The Balaban J connectivity index is 2.06. The van der Waals surface area contributed by atoms with E-state index in [0.29, 0.717) is 41.0 Å². The lowest BCUT2D eigenvalue weighted by Crippen LogP contribution is -2.56. The second kappa shape index (κ2) is 12.2. The van der Waals surface area contributed by atoms with Crippen molar-refractivity contribution in [3.05, 3.63) is 34.9 Å². The molecule has 0 bridgehead atoms. The van der Waals surface area contributed by atoms with Gasteiger partial charge in [0.2, 0.25) is 11.8 Å². The van der Waals surface area contributed by atoms with Crippen LogP contribution >= 0.6 is 0 Å². The highest BCUT2D eigenvalue weighted by Crippen LogP contribution is 2.51. The minimum absolute atomic E-state index is 0.0564. The Morgan fingerprint density at radius 1 is 1.23 bits per heavy atom. The summed E-state index contributed by atoms with van der Waals surface area (Å²) < 4.78 is 11.6. The number of amides is 2. The molecule has 0 spiro atoms. The molecule has 0 radical (unpaired) electrons. The van der Waals surface area contributed by atoms with E-state index in [-0.39, 0.29) is 25.5 Å². The van der Waals surface area contributed by atoms with Crippen LogP contribution in [0.1, 0.15) is 67.8 Å². The molecule has 2 amide bonds. The second-order valence-electron chi connectivity index (χ2n) is 8.90. The molecule has 35 heavy (non-hydrogen) atoms. The van der Waals surface area contributed by atoms with Gasteiger partial charge in [0.15, 0.2) is 11.5 Å². The van der Waals surface area contributed by atoms with Gasteiger partial charge in [-0.25, -0.2) is 0 Å². The Labute approximate surface area is 206 Å². The number of nitrogens with zero attached hydrogens (tertiary/aromatic N) is 1. The van der Waals surface area contributed by atoms with Crippen molar-refractivity contribution in [3.8, 4) is 11.5 Å². The highest BCUT2D eigenvalue weighted by atomic mass is 16.5. The minimum atomic E-state index is -1.10. The average molecular weight is 489 g/mol. The van der Waals surface area contributed by atoms with E-state index < -0.39 is 30.1 Å². The summed E-state index contributed by atoms with van der Waals surface area (Å²) >= 11 is 0. The molecule has 4 atom stereocenters. The van der Waals surface area contributed by atoms with Gasteiger partial charge in [-0.2, -0.15) is 0 Å². The van der Waals surface area contributed by atoms with Gasteiger partial charge >= 0.3 is 0 Å². The van der Waals surface area contributed by atoms with Gasteiger partial charge in [-0.05, 0) is 24.6 Å². The van der Waals surface area contributed by atoms with E-state index in [1.807, 2.05) is 0 Å². The second-order valence-corrected chi connectivity index (χ2v) is 8.90. The summed E-state index contributed by atoms with van der Waals surface area (Å²) in [5.41, 5.74) is 1.25. The van der Waals surface area contributed by atoms with Gasteiger partial charge in [-0.1, -0.05) is 33.1 Å². The Bertz CT molecular complexity index is 961. The zero-order valence-corrected chi connectivity index (χ0v) is 20.7. The van der Waals surface area contributed by atoms with E-state index >= 15 is 0 Å². The summed E-state index contributed by atoms with van der Waals surface area (Å²) in [5.74, 6) is -0.509. The number of methoxy groups -OCH3 is 1. The van der Waals surface area contributed by atoms with Crippen molar-refractivity contribution < 1.29 is 34.1 Å². The third-order valence-corrected chi connectivity index (χ3v) is 6.65. The van der Waals surface area contributed by atoms with E-state index in [0.717, 1.165) is 25.7 Å². The monoisotopic (exact) mass is 488 g/mol. The number of carbonyl (C=O) groups is 3. The van der Waals surface area contributed by atoms with Crippen LogP contribution in [0.4, 0.5) is 0 Å². The molecule has 1 aliphatic heterocycles. The first-order valence-electron chi connectivity index (χ1n) is 12.3. The lowest BCUT2D eigenvalue weighted by molar-refractivity contribution is -0.137. The van der Waals surface area contributed by atoms with Crippen LogP contribution in [-0.4, -0.2) is 78.3 Å².